The summed E-state index contributed by atoms with van der Waals surface area (Å²) in [5.74, 6) is 0.870. The molecule has 7 nitrogen and oxygen atoms in total. The van der Waals surface area contributed by atoms with Gasteiger partial charge in [0.25, 0.3) is 0 Å². The third kappa shape index (κ3) is 8.42. The number of halogens is 2. The molecule has 0 spiro atoms. The Bertz CT molecular complexity index is 913. The summed E-state index contributed by atoms with van der Waals surface area (Å²) in [6.45, 7) is 5.63. The molecule has 35 heavy (non-hydrogen) atoms. The van der Waals surface area contributed by atoms with Crippen LogP contribution in [0.4, 0.5) is 8.78 Å². The fraction of sp³-hybridized carbons (Fsp3) is 0.520. The summed E-state index contributed by atoms with van der Waals surface area (Å²) in [7, 11) is 1.86. The van der Waals surface area contributed by atoms with Gasteiger partial charge >= 0.3 is 0 Å². The molecular weight excluding hydrogens is 474 g/mol. The molecule has 0 bridgehead atoms. The molecule has 0 aromatic heterocycles. The van der Waals surface area contributed by atoms with E-state index in [0.29, 0.717) is 26.1 Å². The summed E-state index contributed by atoms with van der Waals surface area (Å²) in [5, 5.41) is 11.5. The maximum atomic E-state index is 14.1. The van der Waals surface area contributed by atoms with Gasteiger partial charge in [-0.3, -0.25) is 9.69 Å². The van der Waals surface area contributed by atoms with E-state index in [4.69, 9.17) is 5.41 Å². The van der Waals surface area contributed by atoms with Gasteiger partial charge in [0.15, 0.2) is 0 Å². The highest BCUT2D eigenvalue weighted by Crippen LogP contribution is 2.28. The van der Waals surface area contributed by atoms with Gasteiger partial charge in [0.05, 0.1) is 17.8 Å². The number of nitrogens with zero attached hydrogens (tertiary/aromatic N) is 2. The molecule has 1 heterocycles. The summed E-state index contributed by atoms with van der Waals surface area (Å²) in [6, 6.07) is 3.66. The molecule has 1 aliphatic carbocycles. The first-order valence-electron chi connectivity index (χ1n) is 11.6. The standard InChI is InChI=1S/C25H34F2N4OS.2H2O/c1-3-31(24(32)17-30-10-12-33-13-11-30)16-19-7-4-6-18(15-23(19)29-2)14-22(28)25-20(26)8-5-9-21(25)27;;/h5,8-9,14,28-29H,3-4,6-7,10-13,15-17H2,1-2H3;2*1H2/b18-14-,28-22?;;. The minimum Gasteiger partial charge on any atom is -0.412 e. The summed E-state index contributed by atoms with van der Waals surface area (Å²) < 4.78 is 28.2. The van der Waals surface area contributed by atoms with Crippen molar-refractivity contribution >= 4 is 23.4 Å². The normalized spacial score (nSPS) is 17.8. The Kier molecular flexibility index (Phi) is 13.2. The molecule has 10 heteroatoms. The van der Waals surface area contributed by atoms with E-state index in [-0.39, 0.29) is 28.1 Å². The van der Waals surface area contributed by atoms with Crippen molar-refractivity contribution < 1.29 is 24.5 Å². The van der Waals surface area contributed by atoms with Crippen LogP contribution in [0.5, 0.6) is 0 Å². The second kappa shape index (κ2) is 15.0. The van der Waals surface area contributed by atoms with E-state index in [0.717, 1.165) is 55.1 Å². The van der Waals surface area contributed by atoms with Crippen LogP contribution in [0.1, 0.15) is 38.2 Å². The van der Waals surface area contributed by atoms with Gasteiger partial charge in [-0.15, -0.1) is 0 Å². The minimum atomic E-state index is -0.722. The first-order valence-corrected chi connectivity index (χ1v) is 12.8. The Morgan fingerprint density at radius 1 is 1.20 bits per heavy atom. The predicted octanol–water partition coefficient (Wildman–Crippen LogP) is 2.55. The molecule has 6 N–H and O–H groups in total. The number of allylic oxidation sites excluding steroid dienone is 2. The fourth-order valence-corrected chi connectivity index (χ4v) is 5.35. The number of carbonyl (C=O) groups excluding carboxylic acids is 1. The topological polar surface area (TPSA) is 122 Å². The predicted molar refractivity (Wildman–Crippen MR) is 139 cm³/mol. The van der Waals surface area contributed by atoms with Gasteiger partial charge in [-0.25, -0.2) is 8.78 Å². The number of carbonyl (C=O) groups is 1. The van der Waals surface area contributed by atoms with Crippen LogP contribution in [-0.4, -0.2) is 83.6 Å². The van der Waals surface area contributed by atoms with Crippen LogP contribution < -0.4 is 5.32 Å². The third-order valence-electron chi connectivity index (χ3n) is 6.27. The lowest BCUT2D eigenvalue weighted by Gasteiger charge is -2.30. The number of hydrogen-bond acceptors (Lipinski definition) is 5. The van der Waals surface area contributed by atoms with E-state index in [2.05, 4.69) is 10.2 Å². The van der Waals surface area contributed by atoms with E-state index in [1.54, 1.807) is 6.08 Å². The highest BCUT2D eigenvalue weighted by molar-refractivity contribution is 7.99. The zero-order chi connectivity index (χ0) is 23.8. The van der Waals surface area contributed by atoms with Crippen LogP contribution >= 0.6 is 11.8 Å². The maximum absolute atomic E-state index is 14.1. The Morgan fingerprint density at radius 2 is 1.86 bits per heavy atom. The van der Waals surface area contributed by atoms with Crippen LogP contribution in [0, 0.1) is 17.0 Å². The van der Waals surface area contributed by atoms with Gasteiger partial charge in [-0.1, -0.05) is 11.6 Å². The number of thioether (sulfide) groups is 1. The quantitative estimate of drug-likeness (QED) is 0.520. The Hall–Kier alpha value is -2.27. The van der Waals surface area contributed by atoms with E-state index >= 15 is 0 Å². The van der Waals surface area contributed by atoms with Crippen LogP contribution in [0.15, 0.2) is 41.1 Å². The number of likely N-dealkylation sites (N-methyl/N-ethyl adjacent to an activating group) is 1. The van der Waals surface area contributed by atoms with Gasteiger partial charge in [-0.05, 0) is 50.0 Å². The third-order valence-corrected chi connectivity index (χ3v) is 7.21. The van der Waals surface area contributed by atoms with Gasteiger partial charge in [0.1, 0.15) is 11.6 Å². The van der Waals surface area contributed by atoms with Crippen molar-refractivity contribution in [2.24, 2.45) is 0 Å². The lowest BCUT2D eigenvalue weighted by molar-refractivity contribution is -0.131. The average molecular weight is 513 g/mol. The molecule has 196 valence electrons. The Morgan fingerprint density at radius 3 is 2.46 bits per heavy atom. The smallest absolute Gasteiger partial charge is 0.237 e. The van der Waals surface area contributed by atoms with Crippen molar-refractivity contribution in [3.05, 3.63) is 58.3 Å². The van der Waals surface area contributed by atoms with E-state index in [9.17, 15) is 13.6 Å². The van der Waals surface area contributed by atoms with Crippen molar-refractivity contribution in [3.63, 3.8) is 0 Å². The number of hydrogen-bond donors (Lipinski definition) is 2. The molecule has 1 aliphatic heterocycles. The number of amides is 1. The highest BCUT2D eigenvalue weighted by Gasteiger charge is 2.22. The van der Waals surface area contributed by atoms with Gasteiger partial charge in [-0.2, -0.15) is 11.8 Å². The van der Waals surface area contributed by atoms with Crippen LogP contribution in [0.2, 0.25) is 0 Å². The summed E-state index contributed by atoms with van der Waals surface area (Å²) in [6.07, 6.45) is 4.64. The van der Waals surface area contributed by atoms with E-state index in [1.807, 2.05) is 30.6 Å². The second-order valence-electron chi connectivity index (χ2n) is 8.47. The molecule has 1 aromatic carbocycles. The summed E-state index contributed by atoms with van der Waals surface area (Å²) in [5.41, 5.74) is 2.74. The number of nitrogens with one attached hydrogen (secondary N) is 2. The molecule has 1 fully saturated rings. The lowest BCUT2D eigenvalue weighted by atomic mass is 10.0. The zero-order valence-corrected chi connectivity index (χ0v) is 21.4. The molecule has 1 amide bonds. The van der Waals surface area contributed by atoms with Crippen molar-refractivity contribution in [1.82, 2.24) is 15.1 Å². The van der Waals surface area contributed by atoms with Gasteiger partial charge < -0.3 is 26.6 Å². The van der Waals surface area contributed by atoms with Crippen LogP contribution in [-0.2, 0) is 4.79 Å². The van der Waals surface area contributed by atoms with Crippen molar-refractivity contribution in [3.8, 4) is 0 Å². The molecule has 0 radical (unpaired) electrons. The first kappa shape index (κ1) is 30.8. The number of rotatable bonds is 8. The SMILES string of the molecule is CCN(CC1=C(NC)C/C(=C\C(=N)c2c(F)cccc2F)CCC1)C(=O)CN1CCSCC1.O.O. The Balaban J connectivity index is 0.00000306. The van der Waals surface area contributed by atoms with Crippen LogP contribution in [0.25, 0.3) is 0 Å². The van der Waals surface area contributed by atoms with Crippen molar-refractivity contribution in [1.29, 1.82) is 5.41 Å². The molecule has 0 unspecified atom stereocenters. The van der Waals surface area contributed by atoms with E-state index in [1.165, 1.54) is 23.8 Å². The first-order chi connectivity index (χ1) is 15.9. The zero-order valence-electron chi connectivity index (χ0n) is 20.6. The molecule has 3 rings (SSSR count). The summed E-state index contributed by atoms with van der Waals surface area (Å²) in [4.78, 5) is 17.1. The molecule has 1 saturated heterocycles. The van der Waals surface area contributed by atoms with Crippen molar-refractivity contribution in [2.45, 2.75) is 32.6 Å². The molecule has 2 aliphatic rings. The molecular formula is C25H38F2N4O3S. The summed E-state index contributed by atoms with van der Waals surface area (Å²) >= 11 is 1.93. The van der Waals surface area contributed by atoms with Gasteiger partial charge in [0.2, 0.25) is 5.91 Å². The largest absolute Gasteiger partial charge is 0.412 e. The molecule has 1 aromatic rings. The van der Waals surface area contributed by atoms with E-state index < -0.39 is 11.6 Å². The molecule has 0 atom stereocenters. The Labute approximate surface area is 210 Å². The second-order valence-corrected chi connectivity index (χ2v) is 9.70. The monoisotopic (exact) mass is 512 g/mol. The average Bonchev–Trinajstić information content (AvgIpc) is 2.99. The van der Waals surface area contributed by atoms with Gasteiger partial charge in [0, 0.05) is 56.9 Å². The minimum absolute atomic E-state index is 0. The fourth-order valence-electron chi connectivity index (χ4n) is 4.37. The molecule has 0 saturated carbocycles. The maximum Gasteiger partial charge on any atom is 0.237 e. The highest BCUT2D eigenvalue weighted by atomic mass is 32.2. The lowest BCUT2D eigenvalue weighted by Crippen LogP contribution is -2.44. The van der Waals surface area contributed by atoms with Crippen molar-refractivity contribution in [2.75, 3.05) is 51.3 Å². The number of benzene rings is 1. The van der Waals surface area contributed by atoms with Crippen LogP contribution in [0.3, 0.4) is 0 Å².